The Labute approximate surface area is 147 Å². The number of amides is 1. The molecule has 0 spiro atoms. The van der Waals surface area contributed by atoms with E-state index in [2.05, 4.69) is 37.0 Å². The van der Waals surface area contributed by atoms with Crippen molar-refractivity contribution in [1.29, 1.82) is 0 Å². The molecule has 4 nitrogen and oxygen atoms in total. The third kappa shape index (κ3) is 2.97. The number of hydrogen-bond donors (Lipinski definition) is 1. The van der Waals surface area contributed by atoms with Crippen molar-refractivity contribution in [2.24, 2.45) is 0 Å². The Bertz CT molecular complexity index is 905. The van der Waals surface area contributed by atoms with Crippen LogP contribution in [0.2, 0.25) is 0 Å². The van der Waals surface area contributed by atoms with E-state index in [0.29, 0.717) is 12.1 Å². The normalized spacial score (nSPS) is 21.0. The van der Waals surface area contributed by atoms with Gasteiger partial charge in [-0.2, -0.15) is 0 Å². The lowest BCUT2D eigenvalue weighted by atomic mass is 9.97. The molecule has 0 aliphatic carbocycles. The first kappa shape index (κ1) is 16.0. The van der Waals surface area contributed by atoms with Crippen molar-refractivity contribution in [2.75, 3.05) is 6.61 Å². The maximum atomic E-state index is 12.6. The predicted molar refractivity (Wildman–Crippen MR) is 101 cm³/mol. The topological polar surface area (TPSA) is 45.3 Å². The summed E-state index contributed by atoms with van der Waals surface area (Å²) in [6.07, 6.45) is 3.36. The first-order valence-electron chi connectivity index (χ1n) is 9.08. The van der Waals surface area contributed by atoms with Crippen molar-refractivity contribution < 1.29 is 9.53 Å². The largest absolute Gasteiger partial charge is 0.484 e. The molecule has 4 rings (SSSR count). The van der Waals surface area contributed by atoms with Crippen LogP contribution in [0.1, 0.15) is 33.1 Å². The molecule has 3 aromatic rings. The van der Waals surface area contributed by atoms with Crippen LogP contribution in [0.3, 0.4) is 0 Å². The number of fused-ring (bicyclic) bond motifs is 3. The second kappa shape index (κ2) is 6.43. The van der Waals surface area contributed by atoms with Gasteiger partial charge in [-0.15, -0.1) is 0 Å². The number of nitrogens with one attached hydrogen (secondary N) is 1. The fourth-order valence-corrected chi connectivity index (χ4v) is 4.06. The summed E-state index contributed by atoms with van der Waals surface area (Å²) in [5.41, 5.74) is 2.15. The van der Waals surface area contributed by atoms with E-state index in [1.165, 1.54) is 17.2 Å². The molecule has 1 aliphatic heterocycles. The predicted octanol–water partition coefficient (Wildman–Crippen LogP) is 4.49. The van der Waals surface area contributed by atoms with Gasteiger partial charge in [0.15, 0.2) is 6.61 Å². The van der Waals surface area contributed by atoms with Crippen LogP contribution in [0.4, 0.5) is 0 Å². The Morgan fingerprint density at radius 2 is 1.80 bits per heavy atom. The molecule has 1 amide bonds. The van der Waals surface area contributed by atoms with Gasteiger partial charge in [0.05, 0.1) is 5.52 Å². The zero-order chi connectivity index (χ0) is 17.4. The molecule has 1 N–H and O–H groups in total. The molecule has 1 saturated heterocycles. The van der Waals surface area contributed by atoms with E-state index in [9.17, 15) is 4.79 Å². The lowest BCUT2D eigenvalue weighted by Gasteiger charge is -2.38. The minimum atomic E-state index is 0.0800. The van der Waals surface area contributed by atoms with Gasteiger partial charge in [-0.1, -0.05) is 18.2 Å². The van der Waals surface area contributed by atoms with Crippen LogP contribution in [-0.2, 0) is 4.79 Å². The lowest BCUT2D eigenvalue weighted by Crippen LogP contribution is -2.49. The van der Waals surface area contributed by atoms with Crippen molar-refractivity contribution in [3.05, 3.63) is 42.5 Å². The van der Waals surface area contributed by atoms with E-state index in [-0.39, 0.29) is 12.5 Å². The number of piperidine rings is 1. The monoisotopic (exact) mass is 336 g/mol. The first-order chi connectivity index (χ1) is 12.1. The molecule has 1 fully saturated rings. The summed E-state index contributed by atoms with van der Waals surface area (Å²) in [6, 6.07) is 14.8. The maximum absolute atomic E-state index is 12.6. The molecule has 0 radical (unpaired) electrons. The van der Waals surface area contributed by atoms with Crippen LogP contribution in [-0.4, -0.2) is 34.5 Å². The molecule has 2 atom stereocenters. The number of benzene rings is 2. The van der Waals surface area contributed by atoms with Gasteiger partial charge in [0.25, 0.3) is 5.91 Å². The number of H-pyrrole nitrogens is 1. The van der Waals surface area contributed by atoms with Gasteiger partial charge in [0.1, 0.15) is 5.75 Å². The summed E-state index contributed by atoms with van der Waals surface area (Å²) in [7, 11) is 0. The highest BCUT2D eigenvalue weighted by molar-refractivity contribution is 6.07. The third-order valence-electron chi connectivity index (χ3n) is 5.32. The summed E-state index contributed by atoms with van der Waals surface area (Å²) in [6.45, 7) is 4.36. The number of aromatic amines is 1. The van der Waals surface area contributed by atoms with Crippen molar-refractivity contribution in [3.63, 3.8) is 0 Å². The van der Waals surface area contributed by atoms with E-state index >= 15 is 0 Å². The molecule has 2 heterocycles. The quantitative estimate of drug-likeness (QED) is 0.766. The Morgan fingerprint density at radius 1 is 1.08 bits per heavy atom. The lowest BCUT2D eigenvalue weighted by molar-refractivity contribution is -0.139. The molecule has 2 aromatic carbocycles. The minimum absolute atomic E-state index is 0.0800. The first-order valence-corrected chi connectivity index (χ1v) is 9.08. The molecule has 0 unspecified atom stereocenters. The van der Waals surface area contributed by atoms with Gasteiger partial charge in [-0.3, -0.25) is 4.79 Å². The van der Waals surface area contributed by atoms with Gasteiger partial charge in [0.2, 0.25) is 0 Å². The van der Waals surface area contributed by atoms with Crippen LogP contribution < -0.4 is 4.74 Å². The molecular formula is C21H24N2O2. The zero-order valence-electron chi connectivity index (χ0n) is 14.8. The molecular weight excluding hydrogens is 312 g/mol. The van der Waals surface area contributed by atoms with E-state index in [0.717, 1.165) is 29.6 Å². The number of ether oxygens (including phenoxy) is 1. The van der Waals surface area contributed by atoms with E-state index in [1.54, 1.807) is 0 Å². The van der Waals surface area contributed by atoms with Crippen molar-refractivity contribution >= 4 is 27.7 Å². The SMILES string of the molecule is C[C@@H]1CCC[C@@H](C)N1C(=O)COc1ccc2c(c1)[nH]c1ccccc12. The summed E-state index contributed by atoms with van der Waals surface area (Å²) < 4.78 is 5.81. The number of likely N-dealkylation sites (tertiary alicyclic amines) is 1. The number of aromatic nitrogens is 1. The number of para-hydroxylation sites is 1. The summed E-state index contributed by atoms with van der Waals surface area (Å²) >= 11 is 0. The van der Waals surface area contributed by atoms with Crippen molar-refractivity contribution in [1.82, 2.24) is 9.88 Å². The van der Waals surface area contributed by atoms with E-state index < -0.39 is 0 Å². The summed E-state index contributed by atoms with van der Waals surface area (Å²) in [4.78, 5) is 18.0. The fourth-order valence-electron chi connectivity index (χ4n) is 4.06. The highest BCUT2D eigenvalue weighted by Crippen LogP contribution is 2.28. The number of rotatable bonds is 3. The van der Waals surface area contributed by atoms with Crippen LogP contribution in [0.25, 0.3) is 21.8 Å². The molecule has 25 heavy (non-hydrogen) atoms. The highest BCUT2D eigenvalue weighted by atomic mass is 16.5. The molecule has 0 saturated carbocycles. The summed E-state index contributed by atoms with van der Waals surface area (Å²) in [5.74, 6) is 0.807. The van der Waals surface area contributed by atoms with Gasteiger partial charge in [0, 0.05) is 34.4 Å². The van der Waals surface area contributed by atoms with Crippen molar-refractivity contribution in [3.8, 4) is 5.75 Å². The second-order valence-corrected chi connectivity index (χ2v) is 7.10. The van der Waals surface area contributed by atoms with Gasteiger partial charge >= 0.3 is 0 Å². The second-order valence-electron chi connectivity index (χ2n) is 7.10. The smallest absolute Gasteiger partial charge is 0.260 e. The minimum Gasteiger partial charge on any atom is -0.484 e. The molecule has 130 valence electrons. The fraction of sp³-hybridized carbons (Fsp3) is 0.381. The number of carbonyl (C=O) groups is 1. The Balaban J connectivity index is 1.51. The van der Waals surface area contributed by atoms with Crippen LogP contribution in [0, 0.1) is 0 Å². The van der Waals surface area contributed by atoms with Gasteiger partial charge in [-0.05, 0) is 51.3 Å². The number of nitrogens with zero attached hydrogens (tertiary/aromatic N) is 1. The highest BCUT2D eigenvalue weighted by Gasteiger charge is 2.28. The average Bonchev–Trinajstić information content (AvgIpc) is 2.97. The summed E-state index contributed by atoms with van der Waals surface area (Å²) in [5, 5.41) is 2.38. The Morgan fingerprint density at radius 3 is 2.60 bits per heavy atom. The zero-order valence-corrected chi connectivity index (χ0v) is 14.8. The van der Waals surface area contributed by atoms with Crippen molar-refractivity contribution in [2.45, 2.75) is 45.2 Å². The van der Waals surface area contributed by atoms with Crippen LogP contribution >= 0.6 is 0 Å². The van der Waals surface area contributed by atoms with Gasteiger partial charge < -0.3 is 14.6 Å². The number of carbonyl (C=O) groups excluding carboxylic acids is 1. The third-order valence-corrected chi connectivity index (χ3v) is 5.32. The van der Waals surface area contributed by atoms with Crippen LogP contribution in [0.5, 0.6) is 5.75 Å². The standard InChI is InChI=1S/C21H24N2O2/c1-14-6-5-7-15(2)23(14)21(24)13-25-16-10-11-18-17-8-3-4-9-19(17)22-20(18)12-16/h3-4,8-12,14-15,22H,5-7,13H2,1-2H3/t14-,15-/m1/s1. The Hall–Kier alpha value is -2.49. The van der Waals surface area contributed by atoms with Gasteiger partial charge in [-0.25, -0.2) is 0 Å². The average molecular weight is 336 g/mol. The molecule has 0 bridgehead atoms. The molecule has 1 aliphatic rings. The number of hydrogen-bond acceptors (Lipinski definition) is 2. The van der Waals surface area contributed by atoms with E-state index in [1.807, 2.05) is 29.2 Å². The van der Waals surface area contributed by atoms with Crippen LogP contribution in [0.15, 0.2) is 42.5 Å². The molecule has 4 heteroatoms. The maximum Gasteiger partial charge on any atom is 0.260 e. The Kier molecular flexibility index (Phi) is 4.12. The van der Waals surface area contributed by atoms with E-state index in [4.69, 9.17) is 4.74 Å². The molecule has 1 aromatic heterocycles.